The van der Waals surface area contributed by atoms with Gasteiger partial charge < -0.3 is 15.3 Å². The third kappa shape index (κ3) is 3.44. The van der Waals surface area contributed by atoms with E-state index in [4.69, 9.17) is 5.11 Å². The number of halogens is 1. The fourth-order valence-electron chi connectivity index (χ4n) is 3.14. The molecular weight excluding hydrogens is 319 g/mol. The van der Waals surface area contributed by atoms with E-state index < -0.39 is 11.9 Å². The van der Waals surface area contributed by atoms with E-state index in [1.165, 1.54) is 17.8 Å². The molecule has 0 aliphatic carbocycles. The van der Waals surface area contributed by atoms with E-state index in [0.717, 1.165) is 17.7 Å². The van der Waals surface area contributed by atoms with E-state index in [1.54, 1.807) is 11.0 Å². The SMILES string of the molecule is O=C(O)C1CCCN(C(=O)NC2CCSc3c(F)cccc32)C1. The molecule has 2 N–H and O–H groups in total. The number of hydrogen-bond donors (Lipinski definition) is 2. The molecule has 2 aliphatic heterocycles. The highest BCUT2D eigenvalue weighted by Gasteiger charge is 2.30. The second-order valence-electron chi connectivity index (χ2n) is 5.92. The summed E-state index contributed by atoms with van der Waals surface area (Å²) >= 11 is 1.47. The van der Waals surface area contributed by atoms with Crippen molar-refractivity contribution in [2.75, 3.05) is 18.8 Å². The quantitative estimate of drug-likeness (QED) is 0.870. The molecule has 124 valence electrons. The number of carboxylic acids is 1. The Bertz CT molecular complexity index is 625. The zero-order chi connectivity index (χ0) is 16.4. The number of benzene rings is 1. The van der Waals surface area contributed by atoms with Crippen LogP contribution in [0.3, 0.4) is 0 Å². The summed E-state index contributed by atoms with van der Waals surface area (Å²) in [6.07, 6.45) is 2.03. The molecular formula is C16H19FN2O3S. The Hall–Kier alpha value is -1.76. The Balaban J connectivity index is 1.69. The number of rotatable bonds is 2. The number of nitrogens with one attached hydrogen (secondary N) is 1. The summed E-state index contributed by atoms with van der Waals surface area (Å²) in [7, 11) is 0. The number of aliphatic carboxylic acids is 1. The van der Waals surface area contributed by atoms with E-state index in [9.17, 15) is 14.0 Å². The largest absolute Gasteiger partial charge is 0.481 e. The Morgan fingerprint density at radius 1 is 1.35 bits per heavy atom. The highest BCUT2D eigenvalue weighted by Crippen LogP contribution is 2.37. The highest BCUT2D eigenvalue weighted by molar-refractivity contribution is 7.99. The van der Waals surface area contributed by atoms with Crippen molar-refractivity contribution in [1.82, 2.24) is 10.2 Å². The summed E-state index contributed by atoms with van der Waals surface area (Å²) in [5.41, 5.74) is 0.807. The lowest BCUT2D eigenvalue weighted by atomic mass is 9.98. The van der Waals surface area contributed by atoms with Crippen LogP contribution in [-0.2, 0) is 4.79 Å². The average molecular weight is 338 g/mol. The monoisotopic (exact) mass is 338 g/mol. The molecule has 2 heterocycles. The third-order valence-electron chi connectivity index (χ3n) is 4.38. The fourth-order valence-corrected chi connectivity index (χ4v) is 4.28. The van der Waals surface area contributed by atoms with Crippen LogP contribution in [-0.4, -0.2) is 40.8 Å². The Morgan fingerprint density at radius 3 is 2.96 bits per heavy atom. The molecule has 2 unspecified atom stereocenters. The van der Waals surface area contributed by atoms with E-state index in [0.29, 0.717) is 24.3 Å². The molecule has 23 heavy (non-hydrogen) atoms. The molecule has 1 aromatic rings. The summed E-state index contributed by atoms with van der Waals surface area (Å²) in [5.74, 6) is -0.864. The van der Waals surface area contributed by atoms with Gasteiger partial charge in [0.15, 0.2) is 0 Å². The van der Waals surface area contributed by atoms with Gasteiger partial charge in [-0.15, -0.1) is 11.8 Å². The maximum atomic E-state index is 13.9. The minimum absolute atomic E-state index is 0.223. The van der Waals surface area contributed by atoms with Gasteiger partial charge in [-0.2, -0.15) is 0 Å². The fraction of sp³-hybridized carbons (Fsp3) is 0.500. The second kappa shape index (κ2) is 6.78. The van der Waals surface area contributed by atoms with Crippen LogP contribution < -0.4 is 5.32 Å². The van der Waals surface area contributed by atoms with Crippen LogP contribution in [0, 0.1) is 11.7 Å². The van der Waals surface area contributed by atoms with Crippen molar-refractivity contribution in [2.24, 2.45) is 5.92 Å². The van der Waals surface area contributed by atoms with Crippen LogP contribution in [0.15, 0.2) is 23.1 Å². The molecule has 2 amide bonds. The van der Waals surface area contributed by atoms with Gasteiger partial charge in [-0.1, -0.05) is 12.1 Å². The van der Waals surface area contributed by atoms with E-state index in [-0.39, 0.29) is 24.4 Å². The Labute approximate surface area is 138 Å². The summed E-state index contributed by atoms with van der Waals surface area (Å²) in [6, 6.07) is 4.44. The standard InChI is InChI=1S/C16H19FN2O3S/c17-12-5-1-4-11-13(6-8-23-14(11)12)18-16(22)19-7-2-3-10(9-19)15(20)21/h1,4-5,10,13H,2-3,6-9H2,(H,18,22)(H,20,21). The number of carbonyl (C=O) groups excluding carboxylic acids is 1. The molecule has 0 spiro atoms. The number of amides is 2. The summed E-state index contributed by atoms with van der Waals surface area (Å²) in [4.78, 5) is 25.7. The van der Waals surface area contributed by atoms with E-state index >= 15 is 0 Å². The normalized spacial score (nSPS) is 24.0. The smallest absolute Gasteiger partial charge is 0.317 e. The predicted octanol–water partition coefficient (Wildman–Crippen LogP) is 2.87. The van der Waals surface area contributed by atoms with Gasteiger partial charge in [0.1, 0.15) is 5.82 Å². The number of likely N-dealkylation sites (tertiary alicyclic amines) is 1. The number of carboxylic acid groups (broad SMARTS) is 1. The van der Waals surface area contributed by atoms with Crippen molar-refractivity contribution in [3.63, 3.8) is 0 Å². The lowest BCUT2D eigenvalue weighted by molar-refractivity contribution is -0.143. The summed E-state index contributed by atoms with van der Waals surface area (Å²) in [5, 5.41) is 12.1. The van der Waals surface area contributed by atoms with Crippen LogP contribution in [0.2, 0.25) is 0 Å². The van der Waals surface area contributed by atoms with Crippen molar-refractivity contribution < 1.29 is 19.1 Å². The molecule has 3 rings (SSSR count). The molecule has 2 atom stereocenters. The van der Waals surface area contributed by atoms with Gasteiger partial charge in [-0.3, -0.25) is 4.79 Å². The first-order chi connectivity index (χ1) is 11.1. The molecule has 1 fully saturated rings. The third-order valence-corrected chi connectivity index (χ3v) is 5.54. The van der Waals surface area contributed by atoms with Crippen LogP contribution in [0.25, 0.3) is 0 Å². The maximum Gasteiger partial charge on any atom is 0.317 e. The van der Waals surface area contributed by atoms with Crippen molar-refractivity contribution in [2.45, 2.75) is 30.2 Å². The number of fused-ring (bicyclic) bond motifs is 1. The molecule has 1 saturated heterocycles. The zero-order valence-corrected chi connectivity index (χ0v) is 13.4. The zero-order valence-electron chi connectivity index (χ0n) is 12.6. The van der Waals surface area contributed by atoms with E-state index in [1.807, 2.05) is 6.07 Å². The highest BCUT2D eigenvalue weighted by atomic mass is 32.2. The Morgan fingerprint density at radius 2 is 2.17 bits per heavy atom. The number of piperidine rings is 1. The molecule has 0 radical (unpaired) electrons. The van der Waals surface area contributed by atoms with Gasteiger partial charge in [0.25, 0.3) is 0 Å². The molecule has 1 aromatic carbocycles. The number of carbonyl (C=O) groups is 2. The number of hydrogen-bond acceptors (Lipinski definition) is 3. The maximum absolute atomic E-state index is 13.9. The van der Waals surface area contributed by atoms with Crippen LogP contribution in [0.4, 0.5) is 9.18 Å². The minimum Gasteiger partial charge on any atom is -0.481 e. The molecule has 0 aromatic heterocycles. The van der Waals surface area contributed by atoms with Gasteiger partial charge >= 0.3 is 12.0 Å². The van der Waals surface area contributed by atoms with Crippen molar-refractivity contribution in [3.05, 3.63) is 29.6 Å². The van der Waals surface area contributed by atoms with Gasteiger partial charge in [0, 0.05) is 23.7 Å². The predicted molar refractivity (Wildman–Crippen MR) is 84.9 cm³/mol. The van der Waals surface area contributed by atoms with Crippen LogP contribution >= 0.6 is 11.8 Å². The van der Waals surface area contributed by atoms with Gasteiger partial charge in [0.05, 0.1) is 12.0 Å². The number of nitrogens with zero attached hydrogens (tertiary/aromatic N) is 1. The molecule has 7 heteroatoms. The van der Waals surface area contributed by atoms with Gasteiger partial charge in [-0.05, 0) is 30.9 Å². The topological polar surface area (TPSA) is 69.6 Å². The van der Waals surface area contributed by atoms with Crippen LogP contribution in [0.5, 0.6) is 0 Å². The minimum atomic E-state index is -0.857. The number of thioether (sulfide) groups is 1. The summed E-state index contributed by atoms with van der Waals surface area (Å²) < 4.78 is 13.9. The first kappa shape index (κ1) is 16.1. The second-order valence-corrected chi connectivity index (χ2v) is 7.03. The molecule has 0 bridgehead atoms. The summed E-state index contributed by atoms with van der Waals surface area (Å²) in [6.45, 7) is 0.797. The number of urea groups is 1. The van der Waals surface area contributed by atoms with Gasteiger partial charge in [-0.25, -0.2) is 9.18 Å². The van der Waals surface area contributed by atoms with Crippen molar-refractivity contribution >= 4 is 23.8 Å². The average Bonchev–Trinajstić information content (AvgIpc) is 2.56. The lowest BCUT2D eigenvalue weighted by Crippen LogP contribution is -2.48. The first-order valence-corrected chi connectivity index (χ1v) is 8.74. The lowest BCUT2D eigenvalue weighted by Gasteiger charge is -2.33. The first-order valence-electron chi connectivity index (χ1n) is 7.75. The van der Waals surface area contributed by atoms with E-state index in [2.05, 4.69) is 5.32 Å². The van der Waals surface area contributed by atoms with Crippen molar-refractivity contribution in [1.29, 1.82) is 0 Å². The van der Waals surface area contributed by atoms with Gasteiger partial charge in [0.2, 0.25) is 0 Å². The van der Waals surface area contributed by atoms with Crippen LogP contribution in [0.1, 0.15) is 30.9 Å². The molecule has 5 nitrogen and oxygen atoms in total. The van der Waals surface area contributed by atoms with Crippen molar-refractivity contribution in [3.8, 4) is 0 Å². The Kier molecular flexibility index (Phi) is 4.75. The molecule has 2 aliphatic rings. The molecule has 0 saturated carbocycles.